The number of aromatic nitrogens is 6. The monoisotopic (exact) mass is 536 g/mol. The zero-order chi connectivity index (χ0) is 27.1. The van der Waals surface area contributed by atoms with Gasteiger partial charge in [0.15, 0.2) is 23.1 Å². The Morgan fingerprint density at radius 1 is 1.10 bits per heavy atom. The van der Waals surface area contributed by atoms with Crippen LogP contribution in [0.3, 0.4) is 0 Å². The summed E-state index contributed by atoms with van der Waals surface area (Å²) in [5.74, 6) is -0.594. The summed E-state index contributed by atoms with van der Waals surface area (Å²) in [6, 6.07) is 7.28. The van der Waals surface area contributed by atoms with Crippen LogP contribution in [0.25, 0.3) is 11.2 Å². The Kier molecular flexibility index (Phi) is 6.61. The van der Waals surface area contributed by atoms with E-state index in [9.17, 15) is 18.4 Å². The Morgan fingerprint density at radius 2 is 1.92 bits per heavy atom. The third kappa shape index (κ3) is 4.57. The van der Waals surface area contributed by atoms with Gasteiger partial charge in [-0.15, -0.1) is 10.2 Å². The van der Waals surface area contributed by atoms with Gasteiger partial charge in [0.05, 0.1) is 11.6 Å². The minimum atomic E-state index is -0.865. The molecule has 0 spiro atoms. The Bertz CT molecular complexity index is 1570. The van der Waals surface area contributed by atoms with E-state index in [1.807, 2.05) is 17.6 Å². The highest BCUT2D eigenvalue weighted by Gasteiger charge is 2.33. The molecule has 1 fully saturated rings. The average Bonchev–Trinajstić information content (AvgIpc) is 3.45. The predicted molar refractivity (Wildman–Crippen MR) is 139 cm³/mol. The van der Waals surface area contributed by atoms with Crippen LogP contribution >= 0.6 is 0 Å². The van der Waals surface area contributed by atoms with Crippen molar-refractivity contribution in [1.29, 1.82) is 0 Å². The normalized spacial score (nSPS) is 20.1. The first-order chi connectivity index (χ1) is 18.9. The lowest BCUT2D eigenvalue weighted by atomic mass is 9.93. The third-order valence-corrected chi connectivity index (χ3v) is 8.02. The largest absolute Gasteiger partial charge is 0.328 e. The summed E-state index contributed by atoms with van der Waals surface area (Å²) in [4.78, 5) is 34.7. The van der Waals surface area contributed by atoms with Crippen molar-refractivity contribution in [3.05, 3.63) is 75.9 Å². The molecular weight excluding hydrogens is 506 g/mol. The minimum absolute atomic E-state index is 0.0329. The van der Waals surface area contributed by atoms with Crippen LogP contribution in [0.15, 0.2) is 41.3 Å². The SMILES string of the molecule is CCc1nnc2n1C[C@H](c1cccc(F)c1F)CC[C@H]2NC(=O)N1CCC(n2c(=O)[nH]c3ncccc32)CC1. The van der Waals surface area contributed by atoms with Gasteiger partial charge < -0.3 is 14.8 Å². The highest BCUT2D eigenvalue weighted by atomic mass is 19.2. The lowest BCUT2D eigenvalue weighted by molar-refractivity contribution is 0.167. The number of aryl methyl sites for hydroxylation is 1. The molecule has 39 heavy (non-hydrogen) atoms. The summed E-state index contributed by atoms with van der Waals surface area (Å²) >= 11 is 0. The molecule has 2 N–H and O–H groups in total. The number of nitrogens with one attached hydrogen (secondary N) is 2. The number of carbonyl (C=O) groups is 1. The van der Waals surface area contributed by atoms with E-state index in [1.165, 1.54) is 6.07 Å². The number of aromatic amines is 1. The van der Waals surface area contributed by atoms with E-state index in [1.54, 1.807) is 27.8 Å². The first kappa shape index (κ1) is 25.2. The van der Waals surface area contributed by atoms with Gasteiger partial charge in [-0.05, 0) is 49.4 Å². The molecule has 10 nitrogen and oxygen atoms in total. The van der Waals surface area contributed by atoms with Gasteiger partial charge in [-0.3, -0.25) is 9.55 Å². The maximum Gasteiger partial charge on any atom is 0.327 e. The molecule has 6 rings (SSSR count). The fraction of sp³-hybridized carbons (Fsp3) is 0.444. The molecule has 0 saturated carbocycles. The number of piperidine rings is 1. The number of carbonyl (C=O) groups excluding carboxylic acids is 1. The minimum Gasteiger partial charge on any atom is -0.328 e. The number of imidazole rings is 1. The number of fused-ring (bicyclic) bond motifs is 2. The van der Waals surface area contributed by atoms with Crippen molar-refractivity contribution in [3.63, 3.8) is 0 Å². The second-order valence-electron chi connectivity index (χ2n) is 10.2. The van der Waals surface area contributed by atoms with Crippen LogP contribution < -0.4 is 11.0 Å². The topological polar surface area (TPSA) is 114 Å². The standard InChI is InChI=1S/C27H30F2N8O2/c1-2-22-33-34-25-20(9-8-16(15-36(22)25)18-5-3-6-19(28)23(18)29)31-26(38)35-13-10-17(11-14-35)37-21-7-4-12-30-24(21)32-27(37)39/h3-7,12,16-17,20H,2,8-11,13-15H2,1H3,(H,31,38)(H,30,32,39)/t16-,20-/m1/s1. The smallest absolute Gasteiger partial charge is 0.327 e. The molecule has 5 heterocycles. The molecule has 2 aliphatic heterocycles. The molecule has 0 aliphatic carbocycles. The Morgan fingerprint density at radius 3 is 2.72 bits per heavy atom. The molecule has 0 bridgehead atoms. The van der Waals surface area contributed by atoms with Crippen LogP contribution in [0.4, 0.5) is 13.6 Å². The summed E-state index contributed by atoms with van der Waals surface area (Å²) in [6.07, 6.45) is 4.61. The van der Waals surface area contributed by atoms with Gasteiger partial charge in [0.25, 0.3) is 0 Å². The van der Waals surface area contributed by atoms with E-state index in [0.29, 0.717) is 68.8 Å². The van der Waals surface area contributed by atoms with Crippen molar-refractivity contribution in [2.45, 2.75) is 63.6 Å². The van der Waals surface area contributed by atoms with Crippen molar-refractivity contribution in [2.75, 3.05) is 13.1 Å². The van der Waals surface area contributed by atoms with E-state index in [4.69, 9.17) is 0 Å². The molecule has 2 atom stereocenters. The van der Waals surface area contributed by atoms with Gasteiger partial charge in [-0.25, -0.2) is 23.4 Å². The number of hydrogen-bond donors (Lipinski definition) is 2. The van der Waals surface area contributed by atoms with E-state index >= 15 is 0 Å². The summed E-state index contributed by atoms with van der Waals surface area (Å²) in [5.41, 5.74) is 1.45. The maximum atomic E-state index is 14.7. The van der Waals surface area contributed by atoms with E-state index < -0.39 is 17.7 Å². The van der Waals surface area contributed by atoms with Crippen LogP contribution in [-0.4, -0.2) is 53.3 Å². The van der Waals surface area contributed by atoms with Gasteiger partial charge in [-0.2, -0.15) is 0 Å². The van der Waals surface area contributed by atoms with Crippen molar-refractivity contribution < 1.29 is 13.6 Å². The number of rotatable bonds is 4. The summed E-state index contributed by atoms with van der Waals surface area (Å²) in [7, 11) is 0. The van der Waals surface area contributed by atoms with Gasteiger partial charge in [-0.1, -0.05) is 19.1 Å². The zero-order valence-corrected chi connectivity index (χ0v) is 21.6. The van der Waals surface area contributed by atoms with Gasteiger partial charge in [0, 0.05) is 44.2 Å². The lowest BCUT2D eigenvalue weighted by Gasteiger charge is -2.33. The molecule has 12 heteroatoms. The number of urea groups is 1. The molecule has 204 valence electrons. The van der Waals surface area contributed by atoms with Crippen molar-refractivity contribution in [3.8, 4) is 0 Å². The molecule has 2 aliphatic rings. The molecular formula is C27H30F2N8O2. The van der Waals surface area contributed by atoms with Crippen molar-refractivity contribution in [2.24, 2.45) is 0 Å². The number of benzene rings is 1. The highest BCUT2D eigenvalue weighted by Crippen LogP contribution is 2.35. The molecule has 0 radical (unpaired) electrons. The predicted octanol–water partition coefficient (Wildman–Crippen LogP) is 3.82. The second-order valence-corrected chi connectivity index (χ2v) is 10.2. The van der Waals surface area contributed by atoms with E-state index in [-0.39, 0.29) is 23.7 Å². The van der Waals surface area contributed by atoms with E-state index in [0.717, 1.165) is 17.4 Å². The van der Waals surface area contributed by atoms with Crippen molar-refractivity contribution in [1.82, 2.24) is 39.5 Å². The molecule has 3 aromatic heterocycles. The summed E-state index contributed by atoms with van der Waals surface area (Å²) in [5, 5.41) is 11.8. The van der Waals surface area contributed by atoms with Crippen LogP contribution in [0.5, 0.6) is 0 Å². The number of pyridine rings is 1. The van der Waals surface area contributed by atoms with Crippen LogP contribution in [0.2, 0.25) is 0 Å². The quantitative estimate of drug-likeness (QED) is 0.412. The van der Waals surface area contributed by atoms with Gasteiger partial charge in [0.1, 0.15) is 5.82 Å². The average molecular weight is 537 g/mol. The Labute approximate surface area is 223 Å². The Balaban J connectivity index is 1.17. The fourth-order valence-electron chi connectivity index (χ4n) is 5.99. The van der Waals surface area contributed by atoms with Crippen molar-refractivity contribution >= 4 is 17.2 Å². The molecule has 1 saturated heterocycles. The highest BCUT2D eigenvalue weighted by molar-refractivity contribution is 5.75. The number of likely N-dealkylation sites (tertiary alicyclic amines) is 1. The molecule has 0 unspecified atom stereocenters. The first-order valence-corrected chi connectivity index (χ1v) is 13.4. The number of amides is 2. The first-order valence-electron chi connectivity index (χ1n) is 13.4. The van der Waals surface area contributed by atoms with Crippen LogP contribution in [-0.2, 0) is 13.0 Å². The van der Waals surface area contributed by atoms with Crippen LogP contribution in [0, 0.1) is 11.6 Å². The second kappa shape index (κ2) is 10.2. The molecule has 4 aromatic rings. The van der Waals surface area contributed by atoms with Gasteiger partial charge in [0.2, 0.25) is 0 Å². The number of hydrogen-bond acceptors (Lipinski definition) is 5. The molecule has 2 amide bonds. The fourth-order valence-corrected chi connectivity index (χ4v) is 5.99. The lowest BCUT2D eigenvalue weighted by Crippen LogP contribution is -2.46. The van der Waals surface area contributed by atoms with E-state index in [2.05, 4.69) is 25.5 Å². The summed E-state index contributed by atoms with van der Waals surface area (Å²) < 4.78 is 32.4. The summed E-state index contributed by atoms with van der Waals surface area (Å²) in [6.45, 7) is 3.36. The van der Waals surface area contributed by atoms with Crippen LogP contribution in [0.1, 0.15) is 67.8 Å². The number of halogens is 2. The molecule has 1 aromatic carbocycles. The number of H-pyrrole nitrogens is 1. The zero-order valence-electron chi connectivity index (χ0n) is 21.6. The third-order valence-electron chi connectivity index (χ3n) is 8.02. The maximum absolute atomic E-state index is 14.7. The number of nitrogens with zero attached hydrogens (tertiary/aromatic N) is 6. The van der Waals surface area contributed by atoms with Gasteiger partial charge >= 0.3 is 11.7 Å². The Hall–Kier alpha value is -4.09.